The molecule has 0 aliphatic heterocycles. The van der Waals surface area contributed by atoms with Crippen LogP contribution >= 0.6 is 0 Å². The van der Waals surface area contributed by atoms with Gasteiger partial charge in [-0.1, -0.05) is 0 Å². The van der Waals surface area contributed by atoms with E-state index < -0.39 is 11.7 Å². The molecule has 174 valence electrons. The van der Waals surface area contributed by atoms with Gasteiger partial charge in [-0.2, -0.15) is 13.2 Å². The van der Waals surface area contributed by atoms with E-state index in [9.17, 15) is 18.0 Å². The molecule has 7 heteroatoms. The molecule has 2 saturated carbocycles. The summed E-state index contributed by atoms with van der Waals surface area (Å²) in [4.78, 5) is 14.9. The van der Waals surface area contributed by atoms with Crippen LogP contribution in [0.2, 0.25) is 0 Å². The summed E-state index contributed by atoms with van der Waals surface area (Å²) in [5, 5.41) is 3.18. The van der Waals surface area contributed by atoms with Gasteiger partial charge in [0.25, 0.3) is 0 Å². The number of alkyl halides is 3. The standard InChI is InChI=1S/C24H35F3N2O2/c1-16(13-14-29(2)3)28-23(30)18-7-12-21-17(15-18)5-4-6-22(21)31-20-10-8-19(9-11-20)24(25,26)27/h8-11,16-18,21-22H,4-7,12-15H2,1-3H3,(H,28,30). The third kappa shape index (κ3) is 6.61. The molecular formula is C24H35F3N2O2. The first-order valence-electron chi connectivity index (χ1n) is 11.4. The number of nitrogens with zero attached hydrogens (tertiary/aromatic N) is 1. The van der Waals surface area contributed by atoms with Crippen molar-refractivity contribution in [2.75, 3.05) is 20.6 Å². The molecule has 2 aliphatic rings. The Hall–Kier alpha value is -1.76. The Morgan fingerprint density at radius 3 is 2.52 bits per heavy atom. The molecule has 3 rings (SSSR count). The van der Waals surface area contributed by atoms with Crippen molar-refractivity contribution in [3.63, 3.8) is 0 Å². The van der Waals surface area contributed by atoms with E-state index in [1.807, 2.05) is 14.1 Å². The molecule has 5 unspecified atom stereocenters. The highest BCUT2D eigenvalue weighted by Gasteiger charge is 2.41. The largest absolute Gasteiger partial charge is 0.490 e. The van der Waals surface area contributed by atoms with Gasteiger partial charge in [0.1, 0.15) is 11.9 Å². The lowest BCUT2D eigenvalue weighted by atomic mass is 9.66. The fourth-order valence-electron chi connectivity index (χ4n) is 5.07. The summed E-state index contributed by atoms with van der Waals surface area (Å²) < 4.78 is 44.5. The highest BCUT2D eigenvalue weighted by molar-refractivity contribution is 5.79. The molecule has 2 aliphatic carbocycles. The molecule has 1 aromatic rings. The molecule has 0 radical (unpaired) electrons. The normalized spacial score (nSPS) is 27.5. The Labute approximate surface area is 183 Å². The maximum Gasteiger partial charge on any atom is 0.416 e. The molecule has 5 atom stereocenters. The summed E-state index contributed by atoms with van der Waals surface area (Å²) in [6.07, 6.45) is 2.30. The molecule has 1 amide bonds. The first-order valence-corrected chi connectivity index (χ1v) is 11.4. The Balaban J connectivity index is 1.53. The summed E-state index contributed by atoms with van der Waals surface area (Å²) in [7, 11) is 4.06. The van der Waals surface area contributed by atoms with E-state index in [1.54, 1.807) is 0 Å². The molecule has 4 nitrogen and oxygen atoms in total. The number of hydrogen-bond acceptors (Lipinski definition) is 3. The molecule has 0 heterocycles. The molecule has 0 saturated heterocycles. The van der Waals surface area contributed by atoms with Gasteiger partial charge in [-0.05, 0) is 109 Å². The van der Waals surface area contributed by atoms with Crippen molar-refractivity contribution in [2.24, 2.45) is 17.8 Å². The molecule has 0 spiro atoms. The average Bonchev–Trinajstić information content (AvgIpc) is 2.72. The van der Waals surface area contributed by atoms with E-state index in [2.05, 4.69) is 17.1 Å². The lowest BCUT2D eigenvalue weighted by molar-refractivity contribution is -0.137. The number of nitrogens with one attached hydrogen (secondary N) is 1. The zero-order valence-corrected chi connectivity index (χ0v) is 18.8. The van der Waals surface area contributed by atoms with Crippen LogP contribution < -0.4 is 10.1 Å². The van der Waals surface area contributed by atoms with Crippen molar-refractivity contribution >= 4 is 5.91 Å². The van der Waals surface area contributed by atoms with Gasteiger partial charge in [-0.15, -0.1) is 0 Å². The number of carbonyl (C=O) groups is 1. The maximum atomic E-state index is 12.8. The van der Waals surface area contributed by atoms with Crippen molar-refractivity contribution in [3.8, 4) is 5.75 Å². The van der Waals surface area contributed by atoms with Crippen molar-refractivity contribution in [2.45, 2.75) is 70.2 Å². The van der Waals surface area contributed by atoms with Crippen LogP contribution in [0.25, 0.3) is 0 Å². The van der Waals surface area contributed by atoms with E-state index in [0.717, 1.165) is 63.6 Å². The second-order valence-corrected chi connectivity index (χ2v) is 9.54. The zero-order valence-electron chi connectivity index (χ0n) is 18.8. The predicted octanol–water partition coefficient (Wildman–Crippen LogP) is 5.13. The van der Waals surface area contributed by atoms with E-state index in [-0.39, 0.29) is 24.0 Å². The van der Waals surface area contributed by atoms with Crippen molar-refractivity contribution in [1.29, 1.82) is 0 Å². The zero-order chi connectivity index (χ0) is 22.6. The summed E-state index contributed by atoms with van der Waals surface area (Å²) in [6.45, 7) is 3.00. The van der Waals surface area contributed by atoms with Crippen LogP contribution in [0.5, 0.6) is 5.75 Å². The Morgan fingerprint density at radius 2 is 1.87 bits per heavy atom. The minimum absolute atomic E-state index is 0.0125. The van der Waals surface area contributed by atoms with E-state index in [1.165, 1.54) is 12.1 Å². The first-order chi connectivity index (χ1) is 14.6. The number of rotatable bonds is 7. The number of halogens is 3. The molecule has 1 N–H and O–H groups in total. The van der Waals surface area contributed by atoms with Gasteiger partial charge in [-0.25, -0.2) is 0 Å². The summed E-state index contributed by atoms with van der Waals surface area (Å²) in [5.41, 5.74) is -0.660. The smallest absolute Gasteiger partial charge is 0.416 e. The summed E-state index contributed by atoms with van der Waals surface area (Å²) >= 11 is 0. The number of amides is 1. The molecule has 2 fully saturated rings. The lowest BCUT2D eigenvalue weighted by Gasteiger charge is -2.43. The van der Waals surface area contributed by atoms with Crippen molar-refractivity contribution in [1.82, 2.24) is 10.2 Å². The van der Waals surface area contributed by atoms with Crippen LogP contribution in [0.1, 0.15) is 57.4 Å². The van der Waals surface area contributed by atoms with Crippen LogP contribution in [0.15, 0.2) is 24.3 Å². The van der Waals surface area contributed by atoms with Crippen LogP contribution in [0, 0.1) is 17.8 Å². The predicted molar refractivity (Wildman–Crippen MR) is 115 cm³/mol. The second kappa shape index (κ2) is 10.2. The van der Waals surface area contributed by atoms with Gasteiger partial charge < -0.3 is 15.0 Å². The van der Waals surface area contributed by atoms with E-state index >= 15 is 0 Å². The highest BCUT2D eigenvalue weighted by Crippen LogP contribution is 2.44. The first kappa shape index (κ1) is 23.9. The quantitative estimate of drug-likeness (QED) is 0.639. The van der Waals surface area contributed by atoms with Gasteiger partial charge in [0.05, 0.1) is 5.56 Å². The fourth-order valence-corrected chi connectivity index (χ4v) is 5.07. The summed E-state index contributed by atoms with van der Waals surface area (Å²) in [5.74, 6) is 1.51. The average molecular weight is 441 g/mol. The van der Waals surface area contributed by atoms with Gasteiger partial charge in [0.15, 0.2) is 0 Å². The van der Waals surface area contributed by atoms with Gasteiger partial charge >= 0.3 is 6.18 Å². The van der Waals surface area contributed by atoms with E-state index in [0.29, 0.717) is 17.6 Å². The Morgan fingerprint density at radius 1 is 1.16 bits per heavy atom. The molecule has 0 aromatic heterocycles. The van der Waals surface area contributed by atoms with Crippen LogP contribution in [0.4, 0.5) is 13.2 Å². The summed E-state index contributed by atoms with van der Waals surface area (Å²) in [6, 6.07) is 5.15. The topological polar surface area (TPSA) is 41.6 Å². The number of ether oxygens (including phenoxy) is 1. The molecule has 31 heavy (non-hydrogen) atoms. The Kier molecular flexibility index (Phi) is 7.89. The second-order valence-electron chi connectivity index (χ2n) is 9.54. The number of fused-ring (bicyclic) bond motifs is 1. The third-order valence-corrected chi connectivity index (χ3v) is 6.82. The molecular weight excluding hydrogens is 405 g/mol. The number of benzene rings is 1. The van der Waals surface area contributed by atoms with Crippen molar-refractivity contribution in [3.05, 3.63) is 29.8 Å². The highest BCUT2D eigenvalue weighted by atomic mass is 19.4. The number of hydrogen-bond donors (Lipinski definition) is 1. The van der Waals surface area contributed by atoms with Crippen LogP contribution in [-0.2, 0) is 11.0 Å². The number of carbonyl (C=O) groups excluding carboxylic acids is 1. The monoisotopic (exact) mass is 440 g/mol. The third-order valence-electron chi connectivity index (χ3n) is 6.82. The van der Waals surface area contributed by atoms with Gasteiger partial charge in [0.2, 0.25) is 5.91 Å². The fraction of sp³-hybridized carbons (Fsp3) is 0.708. The maximum absolute atomic E-state index is 12.8. The van der Waals surface area contributed by atoms with Gasteiger partial charge in [-0.3, -0.25) is 4.79 Å². The minimum Gasteiger partial charge on any atom is -0.490 e. The lowest BCUT2D eigenvalue weighted by Crippen LogP contribution is -2.45. The van der Waals surface area contributed by atoms with Gasteiger partial charge in [0, 0.05) is 12.0 Å². The van der Waals surface area contributed by atoms with Crippen LogP contribution in [-0.4, -0.2) is 43.6 Å². The minimum atomic E-state index is -4.34. The van der Waals surface area contributed by atoms with E-state index in [4.69, 9.17) is 4.74 Å². The van der Waals surface area contributed by atoms with Crippen molar-refractivity contribution < 1.29 is 22.7 Å². The van der Waals surface area contributed by atoms with Crippen LogP contribution in [0.3, 0.4) is 0 Å². The molecule has 0 bridgehead atoms. The Bertz CT molecular complexity index is 721. The molecule has 1 aromatic carbocycles. The SMILES string of the molecule is CC(CCN(C)C)NC(=O)C1CCC2C(CCCC2Oc2ccc(C(F)(F)F)cc2)C1.